The van der Waals surface area contributed by atoms with Crippen LogP contribution in [0.4, 0.5) is 0 Å². The Balaban J connectivity index is 1.92. The fourth-order valence-electron chi connectivity index (χ4n) is 2.47. The van der Waals surface area contributed by atoms with E-state index in [1.807, 2.05) is 23.1 Å². The van der Waals surface area contributed by atoms with Crippen LogP contribution < -0.4 is 0 Å². The Morgan fingerprint density at radius 2 is 2.20 bits per heavy atom. The summed E-state index contributed by atoms with van der Waals surface area (Å²) in [5, 5.41) is 0.0976. The molecule has 0 aromatic carbocycles. The minimum atomic E-state index is 0.0976. The van der Waals surface area contributed by atoms with E-state index in [9.17, 15) is 4.79 Å². The molecule has 0 radical (unpaired) electrons. The highest BCUT2D eigenvalue weighted by Gasteiger charge is 2.33. The van der Waals surface area contributed by atoms with E-state index in [1.54, 1.807) is 18.0 Å². The summed E-state index contributed by atoms with van der Waals surface area (Å²) in [7, 11) is 0. The minimum absolute atomic E-state index is 0.0976. The molecular weight excluding hydrogens is 270 g/mol. The van der Waals surface area contributed by atoms with Gasteiger partial charge in [0.2, 0.25) is 5.91 Å². The van der Waals surface area contributed by atoms with Crippen LogP contribution in [-0.4, -0.2) is 52.6 Å². The zero-order valence-electron chi connectivity index (χ0n) is 12.3. The van der Waals surface area contributed by atoms with Crippen LogP contribution in [0.3, 0.4) is 0 Å². The second kappa shape index (κ2) is 7.64. The first-order valence-corrected chi connectivity index (χ1v) is 8.35. The van der Waals surface area contributed by atoms with E-state index in [-0.39, 0.29) is 11.3 Å². The van der Waals surface area contributed by atoms with Gasteiger partial charge in [-0.15, -0.1) is 11.8 Å². The molecule has 1 aliphatic rings. The van der Waals surface area contributed by atoms with E-state index < -0.39 is 0 Å². The zero-order valence-corrected chi connectivity index (χ0v) is 13.1. The predicted molar refractivity (Wildman–Crippen MR) is 83.6 cm³/mol. The molecule has 1 unspecified atom stereocenters. The van der Waals surface area contributed by atoms with Crippen molar-refractivity contribution in [3.8, 4) is 0 Å². The van der Waals surface area contributed by atoms with Crippen LogP contribution in [0.5, 0.6) is 0 Å². The molecule has 20 heavy (non-hydrogen) atoms. The largest absolute Gasteiger partial charge is 0.324 e. The molecule has 110 valence electrons. The van der Waals surface area contributed by atoms with Crippen molar-refractivity contribution in [2.75, 3.05) is 31.9 Å². The van der Waals surface area contributed by atoms with Gasteiger partial charge < -0.3 is 9.80 Å². The summed E-state index contributed by atoms with van der Waals surface area (Å²) in [6.07, 6.45) is 2.82. The van der Waals surface area contributed by atoms with Crippen LogP contribution in [0.1, 0.15) is 31.3 Å². The first-order chi connectivity index (χ1) is 9.76. The molecule has 0 spiro atoms. The van der Waals surface area contributed by atoms with E-state index in [2.05, 4.69) is 23.7 Å². The van der Waals surface area contributed by atoms with E-state index in [1.165, 1.54) is 0 Å². The predicted octanol–water partition coefficient (Wildman–Crippen LogP) is 2.39. The van der Waals surface area contributed by atoms with Gasteiger partial charge in [-0.05, 0) is 38.2 Å². The Morgan fingerprint density at radius 3 is 2.85 bits per heavy atom. The monoisotopic (exact) mass is 293 g/mol. The third kappa shape index (κ3) is 3.73. The molecule has 1 amide bonds. The quantitative estimate of drug-likeness (QED) is 0.773. The molecule has 1 saturated heterocycles. The topological polar surface area (TPSA) is 36.4 Å². The van der Waals surface area contributed by atoms with Crippen LogP contribution >= 0.6 is 11.8 Å². The molecule has 2 heterocycles. The van der Waals surface area contributed by atoms with E-state index in [4.69, 9.17) is 0 Å². The van der Waals surface area contributed by atoms with Crippen molar-refractivity contribution >= 4 is 17.7 Å². The van der Waals surface area contributed by atoms with E-state index >= 15 is 0 Å². The molecule has 1 aromatic heterocycles. The summed E-state index contributed by atoms with van der Waals surface area (Å²) in [6.45, 7) is 8.37. The van der Waals surface area contributed by atoms with Crippen molar-refractivity contribution in [2.24, 2.45) is 0 Å². The van der Waals surface area contributed by atoms with Gasteiger partial charge in [0.1, 0.15) is 5.37 Å². The molecule has 1 aliphatic heterocycles. The number of amides is 1. The summed E-state index contributed by atoms with van der Waals surface area (Å²) in [4.78, 5) is 20.8. The van der Waals surface area contributed by atoms with Gasteiger partial charge in [0.25, 0.3) is 0 Å². The lowest BCUT2D eigenvalue weighted by Crippen LogP contribution is -2.32. The summed E-state index contributed by atoms with van der Waals surface area (Å²) >= 11 is 1.68. The molecular formula is C15H23N3OS. The van der Waals surface area contributed by atoms with E-state index in [0.29, 0.717) is 5.75 Å². The average molecular weight is 293 g/mol. The SMILES string of the molecule is CCN(CC)CCCN1C(=O)CSC1c1ccccn1. The summed E-state index contributed by atoms with van der Waals surface area (Å²) < 4.78 is 0. The molecule has 1 aromatic rings. The van der Waals surface area contributed by atoms with Crippen molar-refractivity contribution in [3.05, 3.63) is 30.1 Å². The van der Waals surface area contributed by atoms with Gasteiger partial charge >= 0.3 is 0 Å². The van der Waals surface area contributed by atoms with Crippen molar-refractivity contribution in [3.63, 3.8) is 0 Å². The van der Waals surface area contributed by atoms with Crippen molar-refractivity contribution in [2.45, 2.75) is 25.6 Å². The molecule has 1 atom stereocenters. The highest BCUT2D eigenvalue weighted by atomic mass is 32.2. The maximum absolute atomic E-state index is 12.0. The Labute approximate surface area is 125 Å². The maximum atomic E-state index is 12.0. The van der Waals surface area contributed by atoms with Gasteiger partial charge in [-0.3, -0.25) is 9.78 Å². The molecule has 1 fully saturated rings. The third-order valence-electron chi connectivity index (χ3n) is 3.68. The Kier molecular flexibility index (Phi) is 5.86. The lowest BCUT2D eigenvalue weighted by molar-refractivity contribution is -0.128. The number of rotatable bonds is 7. The maximum Gasteiger partial charge on any atom is 0.233 e. The second-order valence-corrected chi connectivity index (χ2v) is 5.95. The number of pyridine rings is 1. The molecule has 0 saturated carbocycles. The lowest BCUT2D eigenvalue weighted by atomic mass is 10.3. The van der Waals surface area contributed by atoms with Crippen LogP contribution in [0.2, 0.25) is 0 Å². The molecule has 4 nitrogen and oxygen atoms in total. The Hall–Kier alpha value is -1.07. The number of carbonyl (C=O) groups excluding carboxylic acids is 1. The standard InChI is InChI=1S/C15H23N3OS/c1-3-17(4-2)10-7-11-18-14(19)12-20-15(18)13-8-5-6-9-16-13/h5-6,8-9,15H,3-4,7,10-12H2,1-2H3. The molecule has 5 heteroatoms. The first-order valence-electron chi connectivity index (χ1n) is 7.30. The zero-order chi connectivity index (χ0) is 14.4. The van der Waals surface area contributed by atoms with Gasteiger partial charge in [-0.25, -0.2) is 0 Å². The fourth-order valence-corrected chi connectivity index (χ4v) is 3.65. The third-order valence-corrected chi connectivity index (χ3v) is 4.90. The summed E-state index contributed by atoms with van der Waals surface area (Å²) in [5.74, 6) is 0.817. The smallest absolute Gasteiger partial charge is 0.233 e. The van der Waals surface area contributed by atoms with Crippen molar-refractivity contribution < 1.29 is 4.79 Å². The van der Waals surface area contributed by atoms with Crippen molar-refractivity contribution in [1.29, 1.82) is 0 Å². The Bertz CT molecular complexity index is 422. The molecule has 2 rings (SSSR count). The fraction of sp³-hybridized carbons (Fsp3) is 0.600. The highest BCUT2D eigenvalue weighted by Crippen LogP contribution is 2.37. The molecule has 0 aliphatic carbocycles. The van der Waals surface area contributed by atoms with Crippen LogP contribution in [0.25, 0.3) is 0 Å². The average Bonchev–Trinajstić information content (AvgIpc) is 2.86. The highest BCUT2D eigenvalue weighted by molar-refractivity contribution is 8.00. The lowest BCUT2D eigenvalue weighted by Gasteiger charge is -2.25. The van der Waals surface area contributed by atoms with Crippen molar-refractivity contribution in [1.82, 2.24) is 14.8 Å². The van der Waals surface area contributed by atoms with Crippen LogP contribution in [0.15, 0.2) is 24.4 Å². The van der Waals surface area contributed by atoms with Gasteiger partial charge in [-0.2, -0.15) is 0 Å². The first kappa shape index (κ1) is 15.3. The number of thioether (sulfide) groups is 1. The number of nitrogens with zero attached hydrogens (tertiary/aromatic N) is 3. The van der Waals surface area contributed by atoms with Gasteiger partial charge in [0.05, 0.1) is 11.4 Å². The molecule has 0 bridgehead atoms. The number of carbonyl (C=O) groups is 1. The Morgan fingerprint density at radius 1 is 1.40 bits per heavy atom. The second-order valence-electron chi connectivity index (χ2n) is 4.89. The summed E-state index contributed by atoms with van der Waals surface area (Å²) in [5.41, 5.74) is 0.992. The number of hydrogen-bond donors (Lipinski definition) is 0. The van der Waals surface area contributed by atoms with Gasteiger partial charge in [0.15, 0.2) is 0 Å². The van der Waals surface area contributed by atoms with Crippen LogP contribution in [-0.2, 0) is 4.79 Å². The minimum Gasteiger partial charge on any atom is -0.324 e. The van der Waals surface area contributed by atoms with Gasteiger partial charge in [-0.1, -0.05) is 19.9 Å². The molecule has 0 N–H and O–H groups in total. The van der Waals surface area contributed by atoms with Gasteiger partial charge in [0, 0.05) is 12.7 Å². The van der Waals surface area contributed by atoms with E-state index in [0.717, 1.165) is 38.3 Å². The van der Waals surface area contributed by atoms with Crippen LogP contribution in [0, 0.1) is 0 Å². The number of hydrogen-bond acceptors (Lipinski definition) is 4. The summed E-state index contributed by atoms with van der Waals surface area (Å²) in [6, 6.07) is 5.91. The number of aromatic nitrogens is 1. The normalized spacial score (nSPS) is 19.1.